The predicted octanol–water partition coefficient (Wildman–Crippen LogP) is 1.07. The Balaban J connectivity index is 1.77. The van der Waals surface area contributed by atoms with Crippen molar-refractivity contribution in [1.29, 1.82) is 0 Å². The lowest BCUT2D eigenvalue weighted by molar-refractivity contribution is 0.0798. The van der Waals surface area contributed by atoms with E-state index < -0.39 is 10.0 Å². The number of amides is 1. The van der Waals surface area contributed by atoms with Gasteiger partial charge in [0.2, 0.25) is 10.0 Å². The van der Waals surface area contributed by atoms with E-state index in [-0.39, 0.29) is 35.2 Å². The van der Waals surface area contributed by atoms with Gasteiger partial charge in [-0.15, -0.1) is 0 Å². The highest BCUT2D eigenvalue weighted by Gasteiger charge is 2.43. The second kappa shape index (κ2) is 6.57. The molecule has 2 aliphatic rings. The summed E-state index contributed by atoms with van der Waals surface area (Å²) in [7, 11) is -3.24. The Morgan fingerprint density at radius 3 is 2.36 bits per heavy atom. The molecular formula is C17H25N3O4S. The minimum Gasteiger partial charge on any atom is -0.349 e. The first kappa shape index (κ1) is 18.1. The maximum absolute atomic E-state index is 12.6. The lowest BCUT2D eigenvalue weighted by Gasteiger charge is -2.47. The first-order valence-electron chi connectivity index (χ1n) is 8.66. The normalized spacial score (nSPS) is 27.1. The summed E-state index contributed by atoms with van der Waals surface area (Å²) in [5, 5.41) is 2.96. The number of carbonyl (C=O) groups is 1. The van der Waals surface area contributed by atoms with Crippen molar-refractivity contribution < 1.29 is 13.2 Å². The predicted molar refractivity (Wildman–Crippen MR) is 95.1 cm³/mol. The number of hydrogen-bond donors (Lipinski definition) is 2. The molecule has 0 spiro atoms. The van der Waals surface area contributed by atoms with E-state index in [4.69, 9.17) is 0 Å². The molecule has 138 valence electrons. The molecule has 2 aliphatic heterocycles. The highest BCUT2D eigenvalue weighted by molar-refractivity contribution is 7.88. The number of H-pyrrole nitrogens is 1. The zero-order chi connectivity index (χ0) is 18.4. The van der Waals surface area contributed by atoms with Crippen molar-refractivity contribution >= 4 is 15.9 Å². The van der Waals surface area contributed by atoms with E-state index in [1.807, 2.05) is 0 Å². The van der Waals surface area contributed by atoms with E-state index >= 15 is 0 Å². The third kappa shape index (κ3) is 3.64. The monoisotopic (exact) mass is 367 g/mol. The quantitative estimate of drug-likeness (QED) is 0.834. The second-order valence-electron chi connectivity index (χ2n) is 7.31. The molecule has 2 N–H and O–H groups in total. The van der Waals surface area contributed by atoms with Gasteiger partial charge in [-0.1, -0.05) is 6.42 Å². The average molecular weight is 367 g/mol. The van der Waals surface area contributed by atoms with Gasteiger partial charge in [-0.25, -0.2) is 8.42 Å². The van der Waals surface area contributed by atoms with Gasteiger partial charge in [0.15, 0.2) is 0 Å². The minimum absolute atomic E-state index is 0.0646. The van der Waals surface area contributed by atoms with Gasteiger partial charge in [0, 0.05) is 23.8 Å². The number of aromatic nitrogens is 1. The molecule has 3 heterocycles. The minimum atomic E-state index is -3.24. The van der Waals surface area contributed by atoms with Crippen LogP contribution in [-0.4, -0.2) is 48.0 Å². The highest BCUT2D eigenvalue weighted by atomic mass is 32.2. The van der Waals surface area contributed by atoms with Crippen LogP contribution in [0.5, 0.6) is 0 Å². The van der Waals surface area contributed by atoms with Gasteiger partial charge in [-0.3, -0.25) is 9.59 Å². The van der Waals surface area contributed by atoms with Crippen molar-refractivity contribution in [3.8, 4) is 0 Å². The summed E-state index contributed by atoms with van der Waals surface area (Å²) in [6, 6.07) is 1.54. The first-order chi connectivity index (χ1) is 11.7. The van der Waals surface area contributed by atoms with Crippen LogP contribution in [0, 0.1) is 13.8 Å². The summed E-state index contributed by atoms with van der Waals surface area (Å²) in [6.07, 6.45) is 5.10. The van der Waals surface area contributed by atoms with Crippen LogP contribution in [0.2, 0.25) is 0 Å². The summed E-state index contributed by atoms with van der Waals surface area (Å²) < 4.78 is 25.8. The topological polar surface area (TPSA) is 99.3 Å². The van der Waals surface area contributed by atoms with Crippen LogP contribution in [0.3, 0.4) is 0 Å². The van der Waals surface area contributed by atoms with Crippen molar-refractivity contribution in [2.75, 3.05) is 6.26 Å². The van der Waals surface area contributed by atoms with Crippen molar-refractivity contribution in [2.24, 2.45) is 0 Å². The summed E-state index contributed by atoms with van der Waals surface area (Å²) in [4.78, 5) is 27.4. The molecule has 2 bridgehead atoms. The summed E-state index contributed by atoms with van der Waals surface area (Å²) >= 11 is 0. The molecular weight excluding hydrogens is 342 g/mol. The molecule has 3 rings (SSSR count). The third-order valence-corrected chi connectivity index (χ3v) is 6.58. The van der Waals surface area contributed by atoms with Crippen molar-refractivity contribution in [3.63, 3.8) is 0 Å². The van der Waals surface area contributed by atoms with Crippen LogP contribution in [0.25, 0.3) is 0 Å². The Morgan fingerprint density at radius 1 is 1.24 bits per heavy atom. The number of fused-ring (bicyclic) bond motifs is 2. The Hall–Kier alpha value is -1.67. The standard InChI is InChI=1S/C17H25N3O4S/c1-10-7-11(2)18-16(21)15(10)17(22)19-12-8-13-5-4-6-14(9-12)20(13)25(3,23)24/h7,12-14H,4-6,8-9H2,1-3H3,(H,18,21)(H,19,22)/t12?,13-,14+. The Morgan fingerprint density at radius 2 is 1.84 bits per heavy atom. The van der Waals surface area contributed by atoms with Crippen LogP contribution in [0.1, 0.15) is 53.7 Å². The number of pyridine rings is 1. The molecule has 2 fully saturated rings. The van der Waals surface area contributed by atoms with Crippen molar-refractivity contribution in [2.45, 2.75) is 64.1 Å². The SMILES string of the molecule is Cc1cc(C)c(C(=O)NC2C[C@H]3CCC[C@@H](C2)N3S(C)(=O)=O)c(=O)[nH]1. The number of sulfonamides is 1. The molecule has 1 unspecified atom stereocenters. The van der Waals surface area contributed by atoms with E-state index in [0.717, 1.165) is 25.0 Å². The number of aryl methyl sites for hydroxylation is 2. The fourth-order valence-electron chi connectivity index (χ4n) is 4.39. The molecule has 0 saturated carbocycles. The Labute approximate surface area is 147 Å². The largest absolute Gasteiger partial charge is 0.349 e. The lowest BCUT2D eigenvalue weighted by atomic mass is 9.84. The van der Waals surface area contributed by atoms with Crippen molar-refractivity contribution in [3.05, 3.63) is 33.2 Å². The van der Waals surface area contributed by atoms with Gasteiger partial charge in [0.25, 0.3) is 11.5 Å². The Kier molecular flexibility index (Phi) is 4.76. The van der Waals surface area contributed by atoms with Crippen LogP contribution in [-0.2, 0) is 10.0 Å². The molecule has 0 aliphatic carbocycles. The molecule has 1 aromatic rings. The van der Waals surface area contributed by atoms with E-state index in [9.17, 15) is 18.0 Å². The van der Waals surface area contributed by atoms with Gasteiger partial charge in [0.1, 0.15) is 5.56 Å². The van der Waals surface area contributed by atoms with Crippen LogP contribution < -0.4 is 10.9 Å². The van der Waals surface area contributed by atoms with Crippen LogP contribution in [0.4, 0.5) is 0 Å². The van der Waals surface area contributed by atoms with Gasteiger partial charge in [-0.2, -0.15) is 4.31 Å². The third-order valence-electron chi connectivity index (χ3n) is 5.22. The maximum atomic E-state index is 12.6. The van der Waals surface area contributed by atoms with Gasteiger partial charge >= 0.3 is 0 Å². The molecule has 2 saturated heterocycles. The van der Waals surface area contributed by atoms with Gasteiger partial charge in [0.05, 0.1) is 6.26 Å². The smallest absolute Gasteiger partial charge is 0.261 e. The molecule has 0 radical (unpaired) electrons. The molecule has 0 aromatic carbocycles. The Bertz CT molecular complexity index is 832. The molecule has 3 atom stereocenters. The number of carbonyl (C=O) groups excluding carboxylic acids is 1. The fourth-order valence-corrected chi connectivity index (χ4v) is 5.86. The molecule has 1 amide bonds. The summed E-state index contributed by atoms with van der Waals surface area (Å²) in [5.74, 6) is -0.380. The van der Waals surface area contributed by atoms with Crippen molar-refractivity contribution in [1.82, 2.24) is 14.6 Å². The maximum Gasteiger partial charge on any atom is 0.261 e. The summed E-state index contributed by atoms with van der Waals surface area (Å²) in [6.45, 7) is 3.52. The first-order valence-corrected chi connectivity index (χ1v) is 10.5. The van der Waals surface area contributed by atoms with E-state index in [1.54, 1.807) is 24.2 Å². The van der Waals surface area contributed by atoms with Gasteiger partial charge < -0.3 is 10.3 Å². The van der Waals surface area contributed by atoms with Gasteiger partial charge in [-0.05, 0) is 51.2 Å². The molecule has 8 heteroatoms. The second-order valence-corrected chi connectivity index (χ2v) is 9.20. The molecule has 1 aromatic heterocycles. The highest BCUT2D eigenvalue weighted by Crippen LogP contribution is 2.35. The van der Waals surface area contributed by atoms with E-state index in [0.29, 0.717) is 18.4 Å². The van der Waals surface area contributed by atoms with Crippen LogP contribution >= 0.6 is 0 Å². The zero-order valence-corrected chi connectivity index (χ0v) is 15.6. The molecule has 25 heavy (non-hydrogen) atoms. The van der Waals surface area contributed by atoms with E-state index in [2.05, 4.69) is 10.3 Å². The van der Waals surface area contributed by atoms with Crippen LogP contribution in [0.15, 0.2) is 10.9 Å². The number of hydrogen-bond acceptors (Lipinski definition) is 4. The number of nitrogens with one attached hydrogen (secondary N) is 2. The molecule has 7 nitrogen and oxygen atoms in total. The number of piperidine rings is 2. The van der Waals surface area contributed by atoms with E-state index in [1.165, 1.54) is 6.26 Å². The average Bonchev–Trinajstić information content (AvgIpc) is 2.43. The number of rotatable bonds is 3. The summed E-state index contributed by atoms with van der Waals surface area (Å²) in [5.41, 5.74) is 1.12. The lowest BCUT2D eigenvalue weighted by Crippen LogP contribution is -2.58. The zero-order valence-electron chi connectivity index (χ0n) is 14.8. The fraction of sp³-hybridized carbons (Fsp3) is 0.647. The number of aromatic amines is 1. The number of nitrogens with zero attached hydrogens (tertiary/aromatic N) is 1.